The summed E-state index contributed by atoms with van der Waals surface area (Å²) < 4.78 is 13.3. The second kappa shape index (κ2) is 7.44. The molecular formula is C13H18FN3. The number of aliphatic imine (C=N–C) groups is 1. The molecule has 0 aliphatic carbocycles. The van der Waals surface area contributed by atoms with Gasteiger partial charge in [-0.15, -0.1) is 6.58 Å². The average Bonchev–Trinajstić information content (AvgIpc) is 2.35. The molecule has 1 aromatic rings. The van der Waals surface area contributed by atoms with E-state index in [9.17, 15) is 4.39 Å². The van der Waals surface area contributed by atoms with Gasteiger partial charge < -0.3 is 10.6 Å². The van der Waals surface area contributed by atoms with Crippen molar-refractivity contribution < 1.29 is 4.39 Å². The normalized spacial score (nSPS) is 11.1. The van der Waals surface area contributed by atoms with E-state index < -0.39 is 0 Å². The van der Waals surface area contributed by atoms with Gasteiger partial charge in [-0.25, -0.2) is 4.39 Å². The molecule has 0 saturated heterocycles. The predicted molar refractivity (Wildman–Crippen MR) is 69.7 cm³/mol. The van der Waals surface area contributed by atoms with Crippen molar-refractivity contribution in [3.05, 3.63) is 48.3 Å². The van der Waals surface area contributed by atoms with Gasteiger partial charge in [-0.1, -0.05) is 24.3 Å². The molecule has 0 heterocycles. The lowest BCUT2D eigenvalue weighted by Gasteiger charge is -2.10. The number of halogens is 1. The summed E-state index contributed by atoms with van der Waals surface area (Å²) in [5, 5.41) is 6.15. The Hall–Kier alpha value is -1.84. The van der Waals surface area contributed by atoms with Crippen LogP contribution in [0.4, 0.5) is 4.39 Å². The van der Waals surface area contributed by atoms with Crippen LogP contribution in [0.2, 0.25) is 0 Å². The molecule has 0 fully saturated rings. The molecular weight excluding hydrogens is 217 g/mol. The summed E-state index contributed by atoms with van der Waals surface area (Å²) >= 11 is 0. The number of benzene rings is 1. The SMILES string of the molecule is C=CCNC(=NC)NCCc1ccccc1F. The zero-order valence-electron chi connectivity index (χ0n) is 10.0. The highest BCUT2D eigenvalue weighted by atomic mass is 19.1. The maximum atomic E-state index is 13.3. The van der Waals surface area contributed by atoms with Gasteiger partial charge in [-0.2, -0.15) is 0 Å². The minimum atomic E-state index is -0.164. The predicted octanol–water partition coefficient (Wildman–Crippen LogP) is 1.72. The highest BCUT2D eigenvalue weighted by Crippen LogP contribution is 2.05. The Morgan fingerprint density at radius 2 is 2.18 bits per heavy atom. The molecule has 1 aromatic carbocycles. The van der Waals surface area contributed by atoms with Crippen LogP contribution in [0.3, 0.4) is 0 Å². The van der Waals surface area contributed by atoms with Crippen molar-refractivity contribution in [2.24, 2.45) is 4.99 Å². The first kappa shape index (κ1) is 13.2. The number of rotatable bonds is 5. The average molecular weight is 235 g/mol. The van der Waals surface area contributed by atoms with Gasteiger partial charge in [0, 0.05) is 20.1 Å². The van der Waals surface area contributed by atoms with Crippen LogP contribution in [0.25, 0.3) is 0 Å². The van der Waals surface area contributed by atoms with Gasteiger partial charge in [0.15, 0.2) is 5.96 Å². The van der Waals surface area contributed by atoms with Crippen LogP contribution >= 0.6 is 0 Å². The molecule has 0 bridgehead atoms. The van der Waals surface area contributed by atoms with E-state index in [2.05, 4.69) is 22.2 Å². The standard InChI is InChI=1S/C13H18FN3/c1-3-9-16-13(15-2)17-10-8-11-6-4-5-7-12(11)14/h3-7H,1,8-10H2,2H3,(H2,15,16,17). The molecule has 0 saturated carbocycles. The Bertz CT molecular complexity index is 388. The van der Waals surface area contributed by atoms with Crippen molar-refractivity contribution >= 4 is 5.96 Å². The van der Waals surface area contributed by atoms with Gasteiger partial charge in [-0.3, -0.25) is 4.99 Å². The van der Waals surface area contributed by atoms with Gasteiger partial charge >= 0.3 is 0 Å². The Kier molecular flexibility index (Phi) is 5.79. The molecule has 0 amide bonds. The van der Waals surface area contributed by atoms with Crippen molar-refractivity contribution in [2.45, 2.75) is 6.42 Å². The fraction of sp³-hybridized carbons (Fsp3) is 0.308. The molecule has 17 heavy (non-hydrogen) atoms. The first-order valence-corrected chi connectivity index (χ1v) is 5.56. The lowest BCUT2D eigenvalue weighted by atomic mass is 10.1. The van der Waals surface area contributed by atoms with Gasteiger partial charge in [-0.05, 0) is 18.1 Å². The van der Waals surface area contributed by atoms with E-state index in [1.54, 1.807) is 25.3 Å². The van der Waals surface area contributed by atoms with Crippen LogP contribution in [0.15, 0.2) is 41.9 Å². The molecule has 0 radical (unpaired) electrons. The van der Waals surface area contributed by atoms with Crippen LogP contribution in [0, 0.1) is 5.82 Å². The van der Waals surface area contributed by atoms with Crippen LogP contribution in [-0.2, 0) is 6.42 Å². The number of nitrogens with zero attached hydrogens (tertiary/aromatic N) is 1. The number of guanidine groups is 1. The van der Waals surface area contributed by atoms with E-state index in [1.165, 1.54) is 6.07 Å². The molecule has 0 unspecified atom stereocenters. The van der Waals surface area contributed by atoms with Crippen LogP contribution < -0.4 is 10.6 Å². The largest absolute Gasteiger partial charge is 0.356 e. The summed E-state index contributed by atoms with van der Waals surface area (Å²) in [6.45, 7) is 4.90. The van der Waals surface area contributed by atoms with Crippen molar-refractivity contribution in [1.82, 2.24) is 10.6 Å². The third kappa shape index (κ3) is 4.68. The van der Waals surface area contributed by atoms with E-state index in [4.69, 9.17) is 0 Å². The molecule has 0 aromatic heterocycles. The summed E-state index contributed by atoms with van der Waals surface area (Å²) in [6, 6.07) is 6.79. The summed E-state index contributed by atoms with van der Waals surface area (Å²) in [4.78, 5) is 4.03. The molecule has 1 rings (SSSR count). The summed E-state index contributed by atoms with van der Waals surface area (Å²) in [6.07, 6.45) is 2.38. The fourth-order valence-corrected chi connectivity index (χ4v) is 1.41. The lowest BCUT2D eigenvalue weighted by Crippen LogP contribution is -2.38. The van der Waals surface area contributed by atoms with Crippen molar-refractivity contribution in [3.63, 3.8) is 0 Å². The van der Waals surface area contributed by atoms with E-state index in [0.717, 1.165) is 0 Å². The quantitative estimate of drug-likeness (QED) is 0.463. The molecule has 0 aliphatic heterocycles. The van der Waals surface area contributed by atoms with E-state index in [-0.39, 0.29) is 5.82 Å². The number of hydrogen-bond acceptors (Lipinski definition) is 1. The molecule has 0 atom stereocenters. The van der Waals surface area contributed by atoms with Gasteiger partial charge in [0.05, 0.1) is 0 Å². The van der Waals surface area contributed by atoms with E-state index in [1.807, 2.05) is 6.07 Å². The monoisotopic (exact) mass is 235 g/mol. The molecule has 92 valence electrons. The topological polar surface area (TPSA) is 36.4 Å². The highest BCUT2D eigenvalue weighted by Gasteiger charge is 2.00. The summed E-state index contributed by atoms with van der Waals surface area (Å²) in [7, 11) is 1.70. The maximum Gasteiger partial charge on any atom is 0.191 e. The maximum absolute atomic E-state index is 13.3. The Morgan fingerprint density at radius 3 is 2.82 bits per heavy atom. The molecule has 2 N–H and O–H groups in total. The van der Waals surface area contributed by atoms with Crippen molar-refractivity contribution in [1.29, 1.82) is 0 Å². The first-order chi connectivity index (χ1) is 8.27. The zero-order valence-corrected chi connectivity index (χ0v) is 10.0. The van der Waals surface area contributed by atoms with Crippen LogP contribution in [0.1, 0.15) is 5.56 Å². The zero-order chi connectivity index (χ0) is 12.5. The first-order valence-electron chi connectivity index (χ1n) is 5.56. The summed E-state index contributed by atoms with van der Waals surface area (Å²) in [5.41, 5.74) is 0.708. The minimum Gasteiger partial charge on any atom is -0.356 e. The van der Waals surface area contributed by atoms with Crippen LogP contribution in [-0.4, -0.2) is 26.1 Å². The van der Waals surface area contributed by atoms with Crippen LogP contribution in [0.5, 0.6) is 0 Å². The fourth-order valence-electron chi connectivity index (χ4n) is 1.41. The Morgan fingerprint density at radius 1 is 1.41 bits per heavy atom. The number of nitrogens with one attached hydrogen (secondary N) is 2. The molecule has 4 heteroatoms. The third-order valence-electron chi connectivity index (χ3n) is 2.28. The Balaban J connectivity index is 2.36. The second-order valence-electron chi connectivity index (χ2n) is 3.51. The summed E-state index contributed by atoms with van der Waals surface area (Å²) in [5.74, 6) is 0.532. The molecule has 0 aliphatic rings. The smallest absolute Gasteiger partial charge is 0.191 e. The molecule has 0 spiro atoms. The van der Waals surface area contributed by atoms with E-state index in [0.29, 0.717) is 31.0 Å². The number of hydrogen-bond donors (Lipinski definition) is 2. The third-order valence-corrected chi connectivity index (χ3v) is 2.28. The van der Waals surface area contributed by atoms with Crippen molar-refractivity contribution in [2.75, 3.05) is 20.1 Å². The highest BCUT2D eigenvalue weighted by molar-refractivity contribution is 5.79. The lowest BCUT2D eigenvalue weighted by molar-refractivity contribution is 0.607. The Labute approximate surface area is 101 Å². The van der Waals surface area contributed by atoms with Crippen molar-refractivity contribution in [3.8, 4) is 0 Å². The van der Waals surface area contributed by atoms with Gasteiger partial charge in [0.2, 0.25) is 0 Å². The van der Waals surface area contributed by atoms with Gasteiger partial charge in [0.1, 0.15) is 5.82 Å². The second-order valence-corrected chi connectivity index (χ2v) is 3.51. The van der Waals surface area contributed by atoms with E-state index >= 15 is 0 Å². The molecule has 3 nitrogen and oxygen atoms in total. The minimum absolute atomic E-state index is 0.164. The van der Waals surface area contributed by atoms with Gasteiger partial charge in [0.25, 0.3) is 0 Å².